The van der Waals surface area contributed by atoms with E-state index in [4.69, 9.17) is 15.2 Å². The largest absolute Gasteiger partial charge is 0.493 e. The number of amides is 1. The number of ether oxygens (including phenoxy) is 2. The van der Waals surface area contributed by atoms with Crippen molar-refractivity contribution < 1.29 is 19.4 Å². The highest BCUT2D eigenvalue weighted by Gasteiger charge is 2.19. The molecule has 21 heavy (non-hydrogen) atoms. The van der Waals surface area contributed by atoms with Crippen molar-refractivity contribution in [2.45, 2.75) is 26.5 Å². The standard InChI is InChI=1S/C15H24N2O4/c1-4-17(5-2)14(8-9-18)21-12-7-6-11(15(16)19)10-13(12)20-3/h6-7,10,14,18H,4-5,8-9H2,1-3H3,(H2,16,19)/t14-/m1/s1. The minimum Gasteiger partial charge on any atom is -0.493 e. The van der Waals surface area contributed by atoms with E-state index in [-0.39, 0.29) is 12.8 Å². The summed E-state index contributed by atoms with van der Waals surface area (Å²) in [4.78, 5) is 13.3. The van der Waals surface area contributed by atoms with Gasteiger partial charge < -0.3 is 20.3 Å². The van der Waals surface area contributed by atoms with Crippen molar-refractivity contribution in [1.29, 1.82) is 0 Å². The zero-order valence-electron chi connectivity index (χ0n) is 12.8. The van der Waals surface area contributed by atoms with Crippen molar-refractivity contribution >= 4 is 5.91 Å². The van der Waals surface area contributed by atoms with Crippen LogP contribution in [0, 0.1) is 0 Å². The van der Waals surface area contributed by atoms with Crippen molar-refractivity contribution in [2.75, 3.05) is 26.8 Å². The molecule has 0 radical (unpaired) electrons. The molecule has 0 fully saturated rings. The highest BCUT2D eigenvalue weighted by Crippen LogP contribution is 2.29. The smallest absolute Gasteiger partial charge is 0.248 e. The van der Waals surface area contributed by atoms with Gasteiger partial charge in [0.1, 0.15) is 0 Å². The summed E-state index contributed by atoms with van der Waals surface area (Å²) in [6.07, 6.45) is 0.237. The number of hydrogen-bond donors (Lipinski definition) is 2. The van der Waals surface area contributed by atoms with Crippen LogP contribution in [-0.4, -0.2) is 48.9 Å². The van der Waals surface area contributed by atoms with Crippen molar-refractivity contribution in [3.63, 3.8) is 0 Å². The van der Waals surface area contributed by atoms with E-state index in [1.165, 1.54) is 7.11 Å². The third-order valence-electron chi connectivity index (χ3n) is 3.31. The highest BCUT2D eigenvalue weighted by molar-refractivity contribution is 5.93. The molecule has 0 unspecified atom stereocenters. The Morgan fingerprint density at radius 2 is 2.00 bits per heavy atom. The Labute approximate surface area is 125 Å². The molecule has 1 aromatic rings. The molecule has 6 nitrogen and oxygen atoms in total. The number of nitrogens with zero attached hydrogens (tertiary/aromatic N) is 1. The average molecular weight is 296 g/mol. The normalized spacial score (nSPS) is 12.2. The van der Waals surface area contributed by atoms with Crippen LogP contribution in [0.15, 0.2) is 18.2 Å². The van der Waals surface area contributed by atoms with E-state index in [0.29, 0.717) is 23.5 Å². The van der Waals surface area contributed by atoms with Gasteiger partial charge in [0.15, 0.2) is 17.7 Å². The first kappa shape index (κ1) is 17.3. The summed E-state index contributed by atoms with van der Waals surface area (Å²) in [7, 11) is 1.51. The summed E-state index contributed by atoms with van der Waals surface area (Å²) >= 11 is 0. The topological polar surface area (TPSA) is 85.0 Å². The van der Waals surface area contributed by atoms with E-state index in [2.05, 4.69) is 4.90 Å². The Morgan fingerprint density at radius 1 is 1.33 bits per heavy atom. The Balaban J connectivity index is 2.99. The van der Waals surface area contributed by atoms with Gasteiger partial charge in [-0.3, -0.25) is 9.69 Å². The lowest BCUT2D eigenvalue weighted by Gasteiger charge is -2.30. The maximum absolute atomic E-state index is 11.2. The molecule has 0 aromatic heterocycles. The second-order valence-corrected chi connectivity index (χ2v) is 4.54. The number of aliphatic hydroxyl groups is 1. The fourth-order valence-electron chi connectivity index (χ4n) is 2.12. The predicted octanol–water partition coefficient (Wildman–Crippen LogP) is 1.22. The molecule has 0 aliphatic heterocycles. The minimum absolute atomic E-state index is 0.0306. The van der Waals surface area contributed by atoms with E-state index >= 15 is 0 Å². The number of carbonyl (C=O) groups is 1. The van der Waals surface area contributed by atoms with E-state index in [1.54, 1.807) is 18.2 Å². The van der Waals surface area contributed by atoms with Gasteiger partial charge in [0.25, 0.3) is 0 Å². The molecule has 3 N–H and O–H groups in total. The summed E-state index contributed by atoms with van der Waals surface area (Å²) in [5.41, 5.74) is 5.61. The van der Waals surface area contributed by atoms with Gasteiger partial charge in [0.05, 0.1) is 7.11 Å². The molecular formula is C15H24N2O4. The molecule has 118 valence electrons. The first-order chi connectivity index (χ1) is 10.1. The molecule has 1 atom stereocenters. The maximum Gasteiger partial charge on any atom is 0.248 e. The number of primary amides is 1. The van der Waals surface area contributed by atoms with Crippen LogP contribution in [0.1, 0.15) is 30.6 Å². The van der Waals surface area contributed by atoms with E-state index in [9.17, 15) is 9.90 Å². The summed E-state index contributed by atoms with van der Waals surface area (Å²) < 4.78 is 11.2. The predicted molar refractivity (Wildman–Crippen MR) is 80.6 cm³/mol. The van der Waals surface area contributed by atoms with Gasteiger partial charge >= 0.3 is 0 Å². The second kappa shape index (κ2) is 8.49. The van der Waals surface area contributed by atoms with Crippen LogP contribution in [0.5, 0.6) is 11.5 Å². The average Bonchev–Trinajstić information content (AvgIpc) is 2.48. The molecule has 6 heteroatoms. The lowest BCUT2D eigenvalue weighted by Crippen LogP contribution is -2.40. The van der Waals surface area contributed by atoms with Crippen LogP contribution in [0.25, 0.3) is 0 Å². The lowest BCUT2D eigenvalue weighted by atomic mass is 10.2. The number of nitrogens with two attached hydrogens (primary N) is 1. The second-order valence-electron chi connectivity index (χ2n) is 4.54. The number of methoxy groups -OCH3 is 1. The third-order valence-corrected chi connectivity index (χ3v) is 3.31. The van der Waals surface area contributed by atoms with Crippen molar-refractivity contribution in [3.05, 3.63) is 23.8 Å². The quantitative estimate of drug-likeness (QED) is 0.669. The van der Waals surface area contributed by atoms with Crippen molar-refractivity contribution in [2.24, 2.45) is 5.73 Å². The number of carbonyl (C=O) groups excluding carboxylic acids is 1. The minimum atomic E-state index is -0.518. The fraction of sp³-hybridized carbons (Fsp3) is 0.533. The van der Waals surface area contributed by atoms with Gasteiger partial charge in [-0.1, -0.05) is 13.8 Å². The molecule has 0 saturated carbocycles. The van der Waals surface area contributed by atoms with Gasteiger partial charge in [-0.25, -0.2) is 0 Å². The zero-order valence-corrected chi connectivity index (χ0v) is 12.8. The highest BCUT2D eigenvalue weighted by atomic mass is 16.5. The molecule has 0 heterocycles. The van der Waals surface area contributed by atoms with Crippen LogP contribution in [0.2, 0.25) is 0 Å². The molecule has 0 aliphatic carbocycles. The van der Waals surface area contributed by atoms with Crippen molar-refractivity contribution in [1.82, 2.24) is 4.90 Å². The molecule has 0 aliphatic rings. The fourth-order valence-corrected chi connectivity index (χ4v) is 2.12. The summed E-state index contributed by atoms with van der Waals surface area (Å²) in [5.74, 6) is 0.449. The van der Waals surface area contributed by atoms with Gasteiger partial charge in [-0.05, 0) is 31.3 Å². The molecule has 0 spiro atoms. The Bertz CT molecular complexity index is 461. The lowest BCUT2D eigenvalue weighted by molar-refractivity contribution is 0.0122. The molecular weight excluding hydrogens is 272 g/mol. The monoisotopic (exact) mass is 296 g/mol. The Kier molecular flexibility index (Phi) is 6.98. The first-order valence-electron chi connectivity index (χ1n) is 7.06. The SMILES string of the molecule is CCN(CC)[C@@H](CCO)Oc1ccc(C(N)=O)cc1OC. The summed E-state index contributed by atoms with van der Waals surface area (Å²) in [6, 6.07) is 4.81. The summed E-state index contributed by atoms with van der Waals surface area (Å²) in [6.45, 7) is 5.71. The van der Waals surface area contributed by atoms with Gasteiger partial charge in [0.2, 0.25) is 5.91 Å². The van der Waals surface area contributed by atoms with Crippen LogP contribution < -0.4 is 15.2 Å². The van der Waals surface area contributed by atoms with E-state index in [0.717, 1.165) is 13.1 Å². The molecule has 1 rings (SSSR count). The molecule has 0 saturated heterocycles. The summed E-state index contributed by atoms with van der Waals surface area (Å²) in [5, 5.41) is 9.20. The van der Waals surface area contributed by atoms with Crippen molar-refractivity contribution in [3.8, 4) is 11.5 Å². The number of rotatable bonds is 9. The Morgan fingerprint density at radius 3 is 2.48 bits per heavy atom. The molecule has 0 bridgehead atoms. The third kappa shape index (κ3) is 4.61. The zero-order chi connectivity index (χ0) is 15.8. The molecule has 1 aromatic carbocycles. The van der Waals surface area contributed by atoms with Crippen LogP contribution in [0.3, 0.4) is 0 Å². The van der Waals surface area contributed by atoms with Crippen LogP contribution in [0.4, 0.5) is 0 Å². The number of benzene rings is 1. The van der Waals surface area contributed by atoms with Crippen LogP contribution in [-0.2, 0) is 0 Å². The maximum atomic E-state index is 11.2. The first-order valence-corrected chi connectivity index (χ1v) is 7.06. The van der Waals surface area contributed by atoms with Gasteiger partial charge in [0, 0.05) is 18.6 Å². The Hall–Kier alpha value is -1.79. The number of hydrogen-bond acceptors (Lipinski definition) is 5. The van der Waals surface area contributed by atoms with E-state index < -0.39 is 5.91 Å². The van der Waals surface area contributed by atoms with E-state index in [1.807, 2.05) is 13.8 Å². The van der Waals surface area contributed by atoms with Gasteiger partial charge in [-0.15, -0.1) is 0 Å². The number of aliphatic hydroxyl groups excluding tert-OH is 1. The van der Waals surface area contributed by atoms with Gasteiger partial charge in [-0.2, -0.15) is 0 Å². The van der Waals surface area contributed by atoms with Crippen LogP contribution >= 0.6 is 0 Å². The molecule has 1 amide bonds.